The summed E-state index contributed by atoms with van der Waals surface area (Å²) < 4.78 is 0. The van der Waals surface area contributed by atoms with Crippen molar-refractivity contribution in [3.05, 3.63) is 35.9 Å². The van der Waals surface area contributed by atoms with Crippen molar-refractivity contribution in [1.82, 2.24) is 0 Å². The van der Waals surface area contributed by atoms with Crippen molar-refractivity contribution in [2.45, 2.75) is 70.6 Å². The molecule has 0 nitrogen and oxygen atoms in total. The van der Waals surface area contributed by atoms with Crippen molar-refractivity contribution >= 4 is 0 Å². The maximum Gasteiger partial charge on any atom is 0.0245 e. The molecule has 0 heteroatoms. The molecular weight excluding hydrogens is 240 g/mol. The zero-order chi connectivity index (χ0) is 13.9. The third-order valence-electron chi connectivity index (χ3n) is 4.30. The minimum atomic E-state index is 0.620. The summed E-state index contributed by atoms with van der Waals surface area (Å²) in [6, 6.07) is 10.4. The molecule has 0 spiro atoms. The number of hydrogen-bond acceptors (Lipinski definition) is 0. The van der Waals surface area contributed by atoms with Gasteiger partial charge in [0.1, 0.15) is 0 Å². The second-order valence-electron chi connectivity index (χ2n) is 6.09. The number of rotatable bonds is 0. The van der Waals surface area contributed by atoms with Crippen molar-refractivity contribution in [2.75, 3.05) is 0 Å². The van der Waals surface area contributed by atoms with E-state index < -0.39 is 0 Å². The van der Waals surface area contributed by atoms with E-state index in [1.165, 1.54) is 76.2 Å². The number of benzene rings is 1. The molecule has 20 heavy (non-hydrogen) atoms. The van der Waals surface area contributed by atoms with Crippen LogP contribution in [0.25, 0.3) is 0 Å². The molecule has 0 saturated heterocycles. The van der Waals surface area contributed by atoms with E-state index in [2.05, 4.69) is 42.2 Å². The molecule has 0 aromatic heterocycles. The SMILES string of the molecule is C(#CC1CCCCCCCCCCC1)c1ccccc1. The summed E-state index contributed by atoms with van der Waals surface area (Å²) in [4.78, 5) is 0. The average Bonchev–Trinajstić information content (AvgIpc) is 2.48. The third-order valence-corrected chi connectivity index (χ3v) is 4.30. The number of hydrogen-bond donors (Lipinski definition) is 0. The lowest BCUT2D eigenvalue weighted by Crippen LogP contribution is -1.99. The Balaban J connectivity index is 1.87. The monoisotopic (exact) mass is 268 g/mol. The molecule has 0 aliphatic heterocycles. The first-order valence-corrected chi connectivity index (χ1v) is 8.52. The summed E-state index contributed by atoms with van der Waals surface area (Å²) in [5.41, 5.74) is 1.17. The Morgan fingerprint density at radius 3 is 1.70 bits per heavy atom. The molecule has 0 unspecified atom stereocenters. The van der Waals surface area contributed by atoms with Gasteiger partial charge in [0.05, 0.1) is 0 Å². The smallest absolute Gasteiger partial charge is 0.0245 e. The Hall–Kier alpha value is -1.22. The normalized spacial score (nSPS) is 19.2. The molecule has 1 fully saturated rings. The van der Waals surface area contributed by atoms with Gasteiger partial charge in [-0.2, -0.15) is 0 Å². The molecule has 1 saturated carbocycles. The van der Waals surface area contributed by atoms with Crippen LogP contribution >= 0.6 is 0 Å². The predicted octanol–water partition coefficient (Wildman–Crippen LogP) is 5.96. The summed E-state index contributed by atoms with van der Waals surface area (Å²) in [6.07, 6.45) is 15.4. The van der Waals surface area contributed by atoms with Gasteiger partial charge in [0.2, 0.25) is 0 Å². The van der Waals surface area contributed by atoms with Gasteiger partial charge in [-0.15, -0.1) is 0 Å². The molecule has 108 valence electrons. The third kappa shape index (κ3) is 6.29. The van der Waals surface area contributed by atoms with Gasteiger partial charge in [0.15, 0.2) is 0 Å². The standard InChI is InChI=1S/C20H28/c1-2-4-6-9-13-19(14-10-7-5-3-1)17-18-20-15-11-8-12-16-20/h8,11-12,15-16,19H,1-7,9-10,13-14H2. The Morgan fingerprint density at radius 2 is 1.15 bits per heavy atom. The van der Waals surface area contributed by atoms with Gasteiger partial charge in [-0.3, -0.25) is 0 Å². The average molecular weight is 268 g/mol. The van der Waals surface area contributed by atoms with Crippen LogP contribution in [0.2, 0.25) is 0 Å². The first-order chi connectivity index (χ1) is 9.95. The van der Waals surface area contributed by atoms with Gasteiger partial charge < -0.3 is 0 Å². The quantitative estimate of drug-likeness (QED) is 0.509. The van der Waals surface area contributed by atoms with Gasteiger partial charge in [0, 0.05) is 11.5 Å². The predicted molar refractivity (Wildman–Crippen MR) is 87.6 cm³/mol. The Kier molecular flexibility index (Phi) is 7.32. The molecule has 2 rings (SSSR count). The fourth-order valence-electron chi connectivity index (χ4n) is 3.01. The summed E-state index contributed by atoms with van der Waals surface area (Å²) in [5, 5.41) is 0. The van der Waals surface area contributed by atoms with Crippen LogP contribution in [0, 0.1) is 17.8 Å². The zero-order valence-electron chi connectivity index (χ0n) is 12.7. The first kappa shape index (κ1) is 15.2. The van der Waals surface area contributed by atoms with E-state index in [4.69, 9.17) is 0 Å². The van der Waals surface area contributed by atoms with E-state index in [-0.39, 0.29) is 0 Å². The molecule has 0 N–H and O–H groups in total. The summed E-state index contributed by atoms with van der Waals surface area (Å²) in [6.45, 7) is 0. The second kappa shape index (κ2) is 9.65. The van der Waals surface area contributed by atoms with Crippen molar-refractivity contribution in [3.8, 4) is 11.8 Å². The van der Waals surface area contributed by atoms with E-state index in [0.717, 1.165) is 0 Å². The molecule has 0 amide bonds. The second-order valence-corrected chi connectivity index (χ2v) is 6.09. The highest BCUT2D eigenvalue weighted by Gasteiger charge is 2.06. The highest BCUT2D eigenvalue weighted by atomic mass is 14.1. The highest BCUT2D eigenvalue weighted by Crippen LogP contribution is 2.20. The Bertz CT molecular complexity index is 395. The van der Waals surface area contributed by atoms with Crippen LogP contribution in [0.3, 0.4) is 0 Å². The lowest BCUT2D eigenvalue weighted by Gasteiger charge is -2.12. The molecule has 1 aromatic rings. The fourth-order valence-corrected chi connectivity index (χ4v) is 3.01. The van der Waals surface area contributed by atoms with Crippen LogP contribution in [0.4, 0.5) is 0 Å². The van der Waals surface area contributed by atoms with Crippen molar-refractivity contribution in [3.63, 3.8) is 0 Å². The minimum Gasteiger partial charge on any atom is -0.0945 e. The van der Waals surface area contributed by atoms with Gasteiger partial charge in [-0.05, 0) is 25.0 Å². The van der Waals surface area contributed by atoms with Crippen LogP contribution in [-0.4, -0.2) is 0 Å². The topological polar surface area (TPSA) is 0 Å². The van der Waals surface area contributed by atoms with Gasteiger partial charge in [-0.25, -0.2) is 0 Å². The minimum absolute atomic E-state index is 0.620. The summed E-state index contributed by atoms with van der Waals surface area (Å²) in [5.74, 6) is 7.54. The maximum absolute atomic E-state index is 3.54. The molecule has 0 radical (unpaired) electrons. The van der Waals surface area contributed by atoms with Crippen LogP contribution in [0.15, 0.2) is 30.3 Å². The summed E-state index contributed by atoms with van der Waals surface area (Å²) in [7, 11) is 0. The molecular formula is C20H28. The van der Waals surface area contributed by atoms with E-state index in [9.17, 15) is 0 Å². The van der Waals surface area contributed by atoms with E-state index in [1.54, 1.807) is 0 Å². The van der Waals surface area contributed by atoms with Crippen molar-refractivity contribution in [2.24, 2.45) is 5.92 Å². The Morgan fingerprint density at radius 1 is 0.650 bits per heavy atom. The van der Waals surface area contributed by atoms with Crippen LogP contribution in [-0.2, 0) is 0 Å². The first-order valence-electron chi connectivity index (χ1n) is 8.52. The lowest BCUT2D eigenvalue weighted by molar-refractivity contribution is 0.458. The van der Waals surface area contributed by atoms with Gasteiger partial charge >= 0.3 is 0 Å². The zero-order valence-corrected chi connectivity index (χ0v) is 12.7. The summed E-state index contributed by atoms with van der Waals surface area (Å²) >= 11 is 0. The van der Waals surface area contributed by atoms with E-state index in [1.807, 2.05) is 0 Å². The van der Waals surface area contributed by atoms with Crippen molar-refractivity contribution < 1.29 is 0 Å². The largest absolute Gasteiger partial charge is 0.0945 e. The van der Waals surface area contributed by atoms with E-state index in [0.29, 0.717) is 5.92 Å². The Labute approximate surface area is 125 Å². The lowest BCUT2D eigenvalue weighted by atomic mass is 9.93. The van der Waals surface area contributed by atoms with Gasteiger partial charge in [0.25, 0.3) is 0 Å². The van der Waals surface area contributed by atoms with Gasteiger partial charge in [-0.1, -0.05) is 87.8 Å². The molecule has 1 aliphatic carbocycles. The van der Waals surface area contributed by atoms with Crippen LogP contribution in [0.1, 0.15) is 76.2 Å². The molecule has 1 aromatic carbocycles. The van der Waals surface area contributed by atoms with Crippen molar-refractivity contribution in [1.29, 1.82) is 0 Å². The molecule has 0 bridgehead atoms. The molecule has 1 aliphatic rings. The maximum atomic E-state index is 3.54. The van der Waals surface area contributed by atoms with Crippen LogP contribution < -0.4 is 0 Å². The van der Waals surface area contributed by atoms with Crippen LogP contribution in [0.5, 0.6) is 0 Å². The highest BCUT2D eigenvalue weighted by molar-refractivity contribution is 5.34. The fraction of sp³-hybridized carbons (Fsp3) is 0.600. The molecule has 0 atom stereocenters. The molecule has 0 heterocycles. The van der Waals surface area contributed by atoms with E-state index >= 15 is 0 Å².